The van der Waals surface area contributed by atoms with E-state index >= 15 is 0 Å². The van der Waals surface area contributed by atoms with E-state index in [0.717, 1.165) is 32.1 Å². The van der Waals surface area contributed by atoms with E-state index in [1.807, 2.05) is 0 Å². The fourth-order valence-corrected chi connectivity index (χ4v) is 6.15. The van der Waals surface area contributed by atoms with Gasteiger partial charge in [-0.15, -0.1) is 6.58 Å². The lowest BCUT2D eigenvalue weighted by atomic mass is 9.45. The summed E-state index contributed by atoms with van der Waals surface area (Å²) in [6.07, 6.45) is 10.6. The van der Waals surface area contributed by atoms with E-state index in [1.54, 1.807) is 5.57 Å². The first kappa shape index (κ1) is 16.3. The molecule has 2 nitrogen and oxygen atoms in total. The molecule has 0 aromatic rings. The van der Waals surface area contributed by atoms with Crippen LogP contribution < -0.4 is 0 Å². The molecule has 3 aliphatic carbocycles. The maximum absolute atomic E-state index is 10.5. The van der Waals surface area contributed by atoms with Crippen LogP contribution in [0, 0.1) is 28.1 Å². The van der Waals surface area contributed by atoms with Gasteiger partial charge >= 0.3 is 0 Å². The fourth-order valence-electron chi connectivity index (χ4n) is 6.15. The van der Waals surface area contributed by atoms with E-state index in [0.29, 0.717) is 11.8 Å². The topological polar surface area (TPSA) is 40.5 Å². The Labute approximate surface area is 135 Å². The Hall–Kier alpha value is -0.600. The van der Waals surface area contributed by atoms with Crippen LogP contribution in [0.1, 0.15) is 59.3 Å². The highest BCUT2D eigenvalue weighted by Gasteiger charge is 2.57. The Balaban J connectivity index is 1.99. The fraction of sp³-hybridized carbons (Fsp3) is 0.800. The number of hydrogen-bond acceptors (Lipinski definition) is 2. The van der Waals surface area contributed by atoms with Crippen molar-refractivity contribution in [3.8, 4) is 0 Å². The van der Waals surface area contributed by atoms with Gasteiger partial charge in [0, 0.05) is 12.0 Å². The molecule has 0 aromatic carbocycles. The van der Waals surface area contributed by atoms with Gasteiger partial charge in [0.25, 0.3) is 0 Å². The SMILES string of the molecule is C=CC1(C)C=C2CCC3C(C)(CO)CC(O)CC3(C)C2CC1. The number of allylic oxidation sites excluding steroid dienone is 3. The second-order valence-electron chi connectivity index (χ2n) is 8.99. The summed E-state index contributed by atoms with van der Waals surface area (Å²) in [5.74, 6) is 1.09. The summed E-state index contributed by atoms with van der Waals surface area (Å²) >= 11 is 0. The second-order valence-corrected chi connectivity index (χ2v) is 8.99. The number of aliphatic hydroxyl groups is 2. The van der Waals surface area contributed by atoms with Gasteiger partial charge in [-0.2, -0.15) is 0 Å². The Kier molecular flexibility index (Phi) is 3.85. The van der Waals surface area contributed by atoms with Crippen LogP contribution in [0.25, 0.3) is 0 Å². The monoisotopic (exact) mass is 304 g/mol. The van der Waals surface area contributed by atoms with Crippen molar-refractivity contribution in [2.75, 3.05) is 6.61 Å². The molecule has 0 radical (unpaired) electrons. The maximum Gasteiger partial charge on any atom is 0.0552 e. The zero-order chi connectivity index (χ0) is 16.2. The van der Waals surface area contributed by atoms with Crippen molar-refractivity contribution in [2.45, 2.75) is 65.4 Å². The molecule has 0 amide bonds. The Morgan fingerprint density at radius 1 is 1.27 bits per heavy atom. The number of aliphatic hydroxyl groups excluding tert-OH is 2. The van der Waals surface area contributed by atoms with Crippen molar-refractivity contribution in [1.29, 1.82) is 0 Å². The van der Waals surface area contributed by atoms with Crippen LogP contribution >= 0.6 is 0 Å². The zero-order valence-corrected chi connectivity index (χ0v) is 14.4. The molecule has 0 bridgehead atoms. The molecule has 22 heavy (non-hydrogen) atoms. The minimum atomic E-state index is -0.273. The Morgan fingerprint density at radius 3 is 2.64 bits per heavy atom. The lowest BCUT2D eigenvalue weighted by Gasteiger charge is -2.60. The van der Waals surface area contributed by atoms with Gasteiger partial charge in [0.1, 0.15) is 0 Å². The molecular formula is C20H32O2. The van der Waals surface area contributed by atoms with E-state index < -0.39 is 0 Å². The summed E-state index contributed by atoms with van der Waals surface area (Å²) in [6, 6.07) is 0. The lowest BCUT2D eigenvalue weighted by Crippen LogP contribution is -2.56. The molecular weight excluding hydrogens is 272 g/mol. The predicted octanol–water partition coefficient (Wildman–Crippen LogP) is 4.08. The molecule has 0 aliphatic heterocycles. The summed E-state index contributed by atoms with van der Waals surface area (Å²) in [5, 5.41) is 20.5. The second kappa shape index (κ2) is 5.21. The molecule has 2 heteroatoms. The summed E-state index contributed by atoms with van der Waals surface area (Å²) < 4.78 is 0. The molecule has 124 valence electrons. The molecule has 3 rings (SSSR count). The number of hydrogen-bond donors (Lipinski definition) is 2. The highest BCUT2D eigenvalue weighted by atomic mass is 16.3. The van der Waals surface area contributed by atoms with Crippen LogP contribution in [0.5, 0.6) is 0 Å². The first-order valence-electron chi connectivity index (χ1n) is 8.90. The van der Waals surface area contributed by atoms with Crippen LogP contribution in [-0.4, -0.2) is 22.9 Å². The standard InChI is InChI=1S/C20H32O2/c1-5-18(2)9-8-16-14(10-18)6-7-17-19(3,13-21)11-15(22)12-20(16,17)4/h5,10,15-17,21-22H,1,6-9,11-13H2,2-4H3. The average molecular weight is 304 g/mol. The molecule has 3 aliphatic rings. The maximum atomic E-state index is 10.5. The number of fused-ring (bicyclic) bond motifs is 3. The molecule has 0 saturated heterocycles. The van der Waals surface area contributed by atoms with Crippen molar-refractivity contribution in [1.82, 2.24) is 0 Å². The van der Waals surface area contributed by atoms with Crippen LogP contribution in [0.3, 0.4) is 0 Å². The molecule has 0 spiro atoms. The van der Waals surface area contributed by atoms with E-state index in [9.17, 15) is 10.2 Å². The number of rotatable bonds is 2. The highest BCUT2D eigenvalue weighted by Crippen LogP contribution is 2.63. The van der Waals surface area contributed by atoms with Crippen LogP contribution in [0.15, 0.2) is 24.3 Å². The van der Waals surface area contributed by atoms with Gasteiger partial charge in [-0.1, -0.05) is 38.5 Å². The van der Waals surface area contributed by atoms with Gasteiger partial charge in [-0.05, 0) is 61.2 Å². The van der Waals surface area contributed by atoms with Gasteiger partial charge in [-0.3, -0.25) is 0 Å². The van der Waals surface area contributed by atoms with Gasteiger partial charge in [0.2, 0.25) is 0 Å². The largest absolute Gasteiger partial charge is 0.396 e. The molecule has 6 unspecified atom stereocenters. The third kappa shape index (κ3) is 2.30. The molecule has 2 saturated carbocycles. The van der Waals surface area contributed by atoms with Gasteiger partial charge < -0.3 is 10.2 Å². The summed E-state index contributed by atoms with van der Waals surface area (Å²) in [7, 11) is 0. The summed E-state index contributed by atoms with van der Waals surface area (Å²) in [6.45, 7) is 11.1. The van der Waals surface area contributed by atoms with Crippen LogP contribution in [0.4, 0.5) is 0 Å². The van der Waals surface area contributed by atoms with Crippen LogP contribution in [0.2, 0.25) is 0 Å². The Morgan fingerprint density at radius 2 is 2.00 bits per heavy atom. The van der Waals surface area contributed by atoms with Crippen LogP contribution in [-0.2, 0) is 0 Å². The molecule has 2 fully saturated rings. The van der Waals surface area contributed by atoms with Gasteiger partial charge in [-0.25, -0.2) is 0 Å². The van der Waals surface area contributed by atoms with Crippen molar-refractivity contribution < 1.29 is 10.2 Å². The summed E-state index contributed by atoms with van der Waals surface area (Å²) in [5.41, 5.74) is 1.73. The minimum Gasteiger partial charge on any atom is -0.396 e. The first-order valence-corrected chi connectivity index (χ1v) is 8.90. The summed E-state index contributed by atoms with van der Waals surface area (Å²) in [4.78, 5) is 0. The van der Waals surface area contributed by atoms with Crippen molar-refractivity contribution in [3.05, 3.63) is 24.3 Å². The van der Waals surface area contributed by atoms with E-state index in [-0.39, 0.29) is 29.0 Å². The zero-order valence-electron chi connectivity index (χ0n) is 14.4. The van der Waals surface area contributed by atoms with Gasteiger partial charge in [0.15, 0.2) is 0 Å². The van der Waals surface area contributed by atoms with E-state index in [1.165, 1.54) is 6.42 Å². The third-order valence-corrected chi connectivity index (χ3v) is 7.29. The highest BCUT2D eigenvalue weighted by molar-refractivity contribution is 5.26. The normalized spacial score (nSPS) is 51.5. The first-order chi connectivity index (χ1) is 10.3. The lowest BCUT2D eigenvalue weighted by molar-refractivity contribution is -0.131. The average Bonchev–Trinajstić information content (AvgIpc) is 2.45. The van der Waals surface area contributed by atoms with E-state index in [4.69, 9.17) is 0 Å². The Bertz CT molecular complexity index is 496. The van der Waals surface area contributed by atoms with Gasteiger partial charge in [0.05, 0.1) is 6.10 Å². The third-order valence-electron chi connectivity index (χ3n) is 7.29. The van der Waals surface area contributed by atoms with E-state index in [2.05, 4.69) is 39.5 Å². The predicted molar refractivity (Wildman–Crippen MR) is 90.4 cm³/mol. The molecule has 0 heterocycles. The van der Waals surface area contributed by atoms with Crippen molar-refractivity contribution in [2.24, 2.45) is 28.1 Å². The molecule has 6 atom stereocenters. The molecule has 0 aromatic heterocycles. The smallest absolute Gasteiger partial charge is 0.0552 e. The molecule has 2 N–H and O–H groups in total. The quantitative estimate of drug-likeness (QED) is 0.755. The minimum absolute atomic E-state index is 0.127. The van der Waals surface area contributed by atoms with Crippen molar-refractivity contribution in [3.63, 3.8) is 0 Å². The van der Waals surface area contributed by atoms with Crippen molar-refractivity contribution >= 4 is 0 Å².